The number of rotatable bonds is 3. The van der Waals surface area contributed by atoms with E-state index in [0.717, 1.165) is 29.4 Å². The Hall–Kier alpha value is -1.68. The van der Waals surface area contributed by atoms with Crippen molar-refractivity contribution in [2.24, 2.45) is 0 Å². The van der Waals surface area contributed by atoms with Crippen molar-refractivity contribution in [3.8, 4) is 0 Å². The van der Waals surface area contributed by atoms with Gasteiger partial charge in [-0.05, 0) is 31.4 Å². The Bertz CT molecular complexity index is 526. The van der Waals surface area contributed by atoms with Gasteiger partial charge in [-0.3, -0.25) is 9.97 Å². The van der Waals surface area contributed by atoms with Crippen LogP contribution >= 0.6 is 0 Å². The average molecular weight is 229 g/mol. The summed E-state index contributed by atoms with van der Waals surface area (Å²) in [6, 6.07) is 3.84. The smallest absolute Gasteiger partial charge is 0.0753 e. The van der Waals surface area contributed by atoms with Crippen molar-refractivity contribution < 1.29 is 5.11 Å². The standard InChI is InChI=1S/C13H15N3O/c17-9-13(4-1-5-13)16-12-3-7-15-11-2-6-14-8-10(11)12/h2-3,6-8,17H,1,4-5,9H2,(H,15,16). The second-order valence-corrected chi connectivity index (χ2v) is 4.67. The molecule has 2 aromatic heterocycles. The molecular weight excluding hydrogens is 214 g/mol. The predicted molar refractivity (Wildman–Crippen MR) is 66.8 cm³/mol. The molecule has 0 unspecified atom stereocenters. The summed E-state index contributed by atoms with van der Waals surface area (Å²) in [5.41, 5.74) is 1.80. The van der Waals surface area contributed by atoms with E-state index in [-0.39, 0.29) is 12.1 Å². The maximum absolute atomic E-state index is 9.48. The molecule has 0 radical (unpaired) electrons. The van der Waals surface area contributed by atoms with Crippen LogP contribution in [0.5, 0.6) is 0 Å². The molecule has 1 fully saturated rings. The number of hydrogen-bond acceptors (Lipinski definition) is 4. The zero-order valence-electron chi connectivity index (χ0n) is 9.56. The van der Waals surface area contributed by atoms with Crippen LogP contribution < -0.4 is 5.32 Å². The van der Waals surface area contributed by atoms with Crippen molar-refractivity contribution in [3.05, 3.63) is 30.7 Å². The number of nitrogens with zero attached hydrogens (tertiary/aromatic N) is 2. The molecular formula is C13H15N3O. The Morgan fingerprint density at radius 3 is 2.88 bits per heavy atom. The van der Waals surface area contributed by atoms with E-state index in [1.807, 2.05) is 18.3 Å². The van der Waals surface area contributed by atoms with E-state index in [1.54, 1.807) is 12.4 Å². The fourth-order valence-corrected chi connectivity index (χ4v) is 2.31. The maximum Gasteiger partial charge on any atom is 0.0753 e. The molecule has 0 bridgehead atoms. The van der Waals surface area contributed by atoms with E-state index >= 15 is 0 Å². The van der Waals surface area contributed by atoms with Gasteiger partial charge < -0.3 is 10.4 Å². The van der Waals surface area contributed by atoms with Gasteiger partial charge >= 0.3 is 0 Å². The Labute approximate surface area is 99.7 Å². The highest BCUT2D eigenvalue weighted by molar-refractivity contribution is 5.90. The zero-order chi connectivity index (χ0) is 11.7. The summed E-state index contributed by atoms with van der Waals surface area (Å²) in [7, 11) is 0. The van der Waals surface area contributed by atoms with Crippen molar-refractivity contribution in [1.29, 1.82) is 0 Å². The van der Waals surface area contributed by atoms with Gasteiger partial charge in [0.2, 0.25) is 0 Å². The van der Waals surface area contributed by atoms with Crippen LogP contribution in [0.3, 0.4) is 0 Å². The maximum atomic E-state index is 9.48. The summed E-state index contributed by atoms with van der Waals surface area (Å²) in [5.74, 6) is 0. The molecule has 1 aliphatic carbocycles. The van der Waals surface area contributed by atoms with Crippen LogP contribution in [0.15, 0.2) is 30.7 Å². The van der Waals surface area contributed by atoms with Gasteiger partial charge in [0.15, 0.2) is 0 Å². The normalized spacial score (nSPS) is 17.7. The monoisotopic (exact) mass is 229 g/mol. The van der Waals surface area contributed by atoms with E-state index in [1.165, 1.54) is 6.42 Å². The second kappa shape index (κ2) is 3.96. The summed E-state index contributed by atoms with van der Waals surface area (Å²) >= 11 is 0. The van der Waals surface area contributed by atoms with Crippen molar-refractivity contribution >= 4 is 16.6 Å². The van der Waals surface area contributed by atoms with E-state index < -0.39 is 0 Å². The molecule has 2 heterocycles. The lowest BCUT2D eigenvalue weighted by molar-refractivity contribution is 0.144. The van der Waals surface area contributed by atoms with Crippen LogP contribution in [0.4, 0.5) is 5.69 Å². The first-order chi connectivity index (χ1) is 8.33. The minimum absolute atomic E-state index is 0.135. The second-order valence-electron chi connectivity index (χ2n) is 4.67. The van der Waals surface area contributed by atoms with Crippen LogP contribution in [0.1, 0.15) is 19.3 Å². The van der Waals surface area contributed by atoms with E-state index in [9.17, 15) is 5.11 Å². The lowest BCUT2D eigenvalue weighted by atomic mass is 9.77. The molecule has 3 rings (SSSR count). The lowest BCUT2D eigenvalue weighted by Gasteiger charge is -2.42. The van der Waals surface area contributed by atoms with Gasteiger partial charge in [-0.1, -0.05) is 0 Å². The minimum Gasteiger partial charge on any atom is -0.394 e. The van der Waals surface area contributed by atoms with Gasteiger partial charge in [-0.2, -0.15) is 0 Å². The summed E-state index contributed by atoms with van der Waals surface area (Å²) in [6.45, 7) is 0.178. The largest absolute Gasteiger partial charge is 0.394 e. The Morgan fingerprint density at radius 1 is 1.29 bits per heavy atom. The van der Waals surface area contributed by atoms with Gasteiger partial charge in [-0.25, -0.2) is 0 Å². The van der Waals surface area contributed by atoms with Gasteiger partial charge in [0.05, 0.1) is 17.7 Å². The van der Waals surface area contributed by atoms with Crippen LogP contribution in [0.25, 0.3) is 10.9 Å². The molecule has 0 saturated heterocycles. The Kier molecular flexibility index (Phi) is 2.44. The number of pyridine rings is 2. The predicted octanol–water partition coefficient (Wildman–Crippen LogP) is 1.96. The first-order valence-corrected chi connectivity index (χ1v) is 5.91. The number of aliphatic hydroxyl groups excluding tert-OH is 1. The molecule has 17 heavy (non-hydrogen) atoms. The number of hydrogen-bond donors (Lipinski definition) is 2. The molecule has 4 heteroatoms. The number of fused-ring (bicyclic) bond motifs is 1. The number of nitrogens with one attached hydrogen (secondary N) is 1. The summed E-state index contributed by atoms with van der Waals surface area (Å²) in [5, 5.41) is 13.9. The van der Waals surface area contributed by atoms with Crippen LogP contribution in [-0.2, 0) is 0 Å². The molecule has 2 N–H and O–H groups in total. The molecule has 4 nitrogen and oxygen atoms in total. The number of anilines is 1. The van der Waals surface area contributed by atoms with E-state index in [4.69, 9.17) is 0 Å². The molecule has 0 aromatic carbocycles. The van der Waals surface area contributed by atoms with Gasteiger partial charge in [0.25, 0.3) is 0 Å². The molecule has 2 aromatic rings. The quantitative estimate of drug-likeness (QED) is 0.844. The summed E-state index contributed by atoms with van der Waals surface area (Å²) < 4.78 is 0. The molecule has 88 valence electrons. The third-order valence-corrected chi connectivity index (χ3v) is 3.56. The summed E-state index contributed by atoms with van der Waals surface area (Å²) in [6.07, 6.45) is 8.56. The van der Waals surface area contributed by atoms with Gasteiger partial charge in [0, 0.05) is 29.7 Å². The first-order valence-electron chi connectivity index (χ1n) is 5.91. The molecule has 1 saturated carbocycles. The lowest BCUT2D eigenvalue weighted by Crippen LogP contribution is -2.48. The molecule has 0 aliphatic heterocycles. The number of aliphatic hydroxyl groups is 1. The van der Waals surface area contributed by atoms with Crippen LogP contribution in [0, 0.1) is 0 Å². The minimum atomic E-state index is -0.135. The molecule has 0 amide bonds. The average Bonchev–Trinajstić information content (AvgIpc) is 2.34. The van der Waals surface area contributed by atoms with E-state index in [2.05, 4.69) is 15.3 Å². The van der Waals surface area contributed by atoms with Crippen molar-refractivity contribution in [1.82, 2.24) is 9.97 Å². The van der Waals surface area contributed by atoms with Crippen LogP contribution in [-0.4, -0.2) is 27.2 Å². The summed E-state index contributed by atoms with van der Waals surface area (Å²) in [4.78, 5) is 8.43. The van der Waals surface area contributed by atoms with Crippen molar-refractivity contribution in [3.63, 3.8) is 0 Å². The molecule has 0 atom stereocenters. The Balaban J connectivity index is 2.00. The topological polar surface area (TPSA) is 58.0 Å². The van der Waals surface area contributed by atoms with Crippen LogP contribution in [0.2, 0.25) is 0 Å². The fraction of sp³-hybridized carbons (Fsp3) is 0.385. The van der Waals surface area contributed by atoms with Gasteiger partial charge in [0.1, 0.15) is 0 Å². The zero-order valence-corrected chi connectivity index (χ0v) is 9.56. The molecule has 1 aliphatic rings. The van der Waals surface area contributed by atoms with Crippen molar-refractivity contribution in [2.45, 2.75) is 24.8 Å². The highest BCUT2D eigenvalue weighted by Gasteiger charge is 2.36. The van der Waals surface area contributed by atoms with E-state index in [0.29, 0.717) is 0 Å². The van der Waals surface area contributed by atoms with Crippen molar-refractivity contribution in [2.75, 3.05) is 11.9 Å². The third kappa shape index (κ3) is 1.74. The SMILES string of the molecule is OCC1(Nc2ccnc3ccncc23)CCC1. The first kappa shape index (κ1) is 10.5. The third-order valence-electron chi connectivity index (χ3n) is 3.56. The fourth-order valence-electron chi connectivity index (χ4n) is 2.31. The highest BCUT2D eigenvalue weighted by atomic mass is 16.3. The van der Waals surface area contributed by atoms with Gasteiger partial charge in [-0.15, -0.1) is 0 Å². The number of aromatic nitrogens is 2. The highest BCUT2D eigenvalue weighted by Crippen LogP contribution is 2.36. The Morgan fingerprint density at radius 2 is 2.18 bits per heavy atom. The molecule has 0 spiro atoms.